The molecule has 0 aliphatic carbocycles. The molecular formula is C24H24ClNO2. The van der Waals surface area contributed by atoms with E-state index in [-0.39, 0.29) is 11.9 Å². The predicted molar refractivity (Wildman–Crippen MR) is 114 cm³/mol. The van der Waals surface area contributed by atoms with Crippen molar-refractivity contribution in [3.8, 4) is 5.75 Å². The first-order chi connectivity index (χ1) is 13.5. The van der Waals surface area contributed by atoms with Crippen LogP contribution in [-0.2, 0) is 0 Å². The van der Waals surface area contributed by atoms with Crippen LogP contribution in [0, 0.1) is 13.8 Å². The van der Waals surface area contributed by atoms with E-state index in [1.807, 2.05) is 37.3 Å². The standard InChI is InChI=1S/C24H24ClNO2/c1-4-28-22-13-11-19(15-21(22)25)24(27)26-23(18-8-6-5-7-9-18)20-12-10-16(2)14-17(20)3/h5-15,23H,4H2,1-3H3,(H,26,27)/t23-/m0/s1. The van der Waals surface area contributed by atoms with E-state index in [0.717, 1.165) is 16.7 Å². The van der Waals surface area contributed by atoms with Gasteiger partial charge in [-0.2, -0.15) is 0 Å². The number of halogens is 1. The SMILES string of the molecule is CCOc1ccc(C(=O)N[C@@H](c2ccccc2)c2ccc(C)cc2C)cc1Cl. The second-order valence-electron chi connectivity index (χ2n) is 6.76. The van der Waals surface area contributed by atoms with Crippen LogP contribution in [0.2, 0.25) is 5.02 Å². The number of nitrogens with one attached hydrogen (secondary N) is 1. The third-order valence-corrected chi connectivity index (χ3v) is 4.93. The molecule has 3 nitrogen and oxygen atoms in total. The predicted octanol–water partition coefficient (Wildman–Crippen LogP) is 5.87. The number of amides is 1. The minimum absolute atomic E-state index is 0.182. The number of aryl methyl sites for hydroxylation is 2. The van der Waals surface area contributed by atoms with Crippen molar-refractivity contribution in [1.29, 1.82) is 0 Å². The summed E-state index contributed by atoms with van der Waals surface area (Å²) in [5.41, 5.74) is 4.93. The quantitative estimate of drug-likeness (QED) is 0.568. The molecule has 0 saturated heterocycles. The van der Waals surface area contributed by atoms with E-state index in [4.69, 9.17) is 16.3 Å². The van der Waals surface area contributed by atoms with E-state index in [0.29, 0.717) is 22.9 Å². The highest BCUT2D eigenvalue weighted by Crippen LogP contribution is 2.28. The fraction of sp³-hybridized carbons (Fsp3) is 0.208. The van der Waals surface area contributed by atoms with Crippen LogP contribution < -0.4 is 10.1 Å². The van der Waals surface area contributed by atoms with Gasteiger partial charge in [0.05, 0.1) is 17.7 Å². The zero-order valence-corrected chi connectivity index (χ0v) is 17.1. The third-order valence-electron chi connectivity index (χ3n) is 4.64. The molecule has 0 spiro atoms. The van der Waals surface area contributed by atoms with Crippen molar-refractivity contribution < 1.29 is 9.53 Å². The Labute approximate surface area is 171 Å². The molecule has 28 heavy (non-hydrogen) atoms. The van der Waals surface area contributed by atoms with Crippen molar-refractivity contribution in [1.82, 2.24) is 5.32 Å². The third kappa shape index (κ3) is 4.55. The summed E-state index contributed by atoms with van der Waals surface area (Å²) in [7, 11) is 0. The van der Waals surface area contributed by atoms with Crippen LogP contribution in [0.3, 0.4) is 0 Å². The normalized spacial score (nSPS) is 11.7. The topological polar surface area (TPSA) is 38.3 Å². The molecule has 0 saturated carbocycles. The number of carbonyl (C=O) groups is 1. The van der Waals surface area contributed by atoms with Crippen LogP contribution in [-0.4, -0.2) is 12.5 Å². The summed E-state index contributed by atoms with van der Waals surface area (Å²) in [6.07, 6.45) is 0. The lowest BCUT2D eigenvalue weighted by Crippen LogP contribution is -2.29. The van der Waals surface area contributed by atoms with Crippen molar-refractivity contribution in [2.75, 3.05) is 6.61 Å². The van der Waals surface area contributed by atoms with Gasteiger partial charge in [-0.1, -0.05) is 65.7 Å². The second-order valence-corrected chi connectivity index (χ2v) is 7.16. The zero-order valence-electron chi connectivity index (χ0n) is 16.3. The minimum atomic E-state index is -0.250. The fourth-order valence-corrected chi connectivity index (χ4v) is 3.50. The van der Waals surface area contributed by atoms with Gasteiger partial charge in [0.1, 0.15) is 5.75 Å². The Morgan fingerprint density at radius 1 is 1.04 bits per heavy atom. The van der Waals surface area contributed by atoms with E-state index in [1.165, 1.54) is 5.56 Å². The van der Waals surface area contributed by atoms with Crippen LogP contribution in [0.1, 0.15) is 45.6 Å². The van der Waals surface area contributed by atoms with E-state index >= 15 is 0 Å². The molecule has 0 aromatic heterocycles. The van der Waals surface area contributed by atoms with Crippen molar-refractivity contribution in [2.45, 2.75) is 26.8 Å². The molecule has 0 bridgehead atoms. The monoisotopic (exact) mass is 393 g/mol. The molecule has 0 unspecified atom stereocenters. The maximum atomic E-state index is 13.0. The van der Waals surface area contributed by atoms with E-state index in [9.17, 15) is 4.79 Å². The van der Waals surface area contributed by atoms with Crippen molar-refractivity contribution in [2.24, 2.45) is 0 Å². The highest BCUT2D eigenvalue weighted by atomic mass is 35.5. The molecule has 3 aromatic carbocycles. The van der Waals surface area contributed by atoms with Crippen molar-refractivity contribution in [3.05, 3.63) is 99.6 Å². The first-order valence-corrected chi connectivity index (χ1v) is 9.72. The molecular weight excluding hydrogens is 370 g/mol. The molecule has 1 atom stereocenters. The summed E-state index contributed by atoms with van der Waals surface area (Å²) >= 11 is 6.26. The lowest BCUT2D eigenvalue weighted by molar-refractivity contribution is 0.0943. The van der Waals surface area contributed by atoms with Gasteiger partial charge in [-0.3, -0.25) is 4.79 Å². The number of hydrogen-bond donors (Lipinski definition) is 1. The Morgan fingerprint density at radius 2 is 1.79 bits per heavy atom. The highest BCUT2D eigenvalue weighted by molar-refractivity contribution is 6.32. The van der Waals surface area contributed by atoms with Crippen LogP contribution in [0.4, 0.5) is 0 Å². The van der Waals surface area contributed by atoms with Crippen molar-refractivity contribution >= 4 is 17.5 Å². The van der Waals surface area contributed by atoms with Gasteiger partial charge in [-0.15, -0.1) is 0 Å². The summed E-state index contributed by atoms with van der Waals surface area (Å²) < 4.78 is 5.45. The Bertz CT molecular complexity index is 970. The van der Waals surface area contributed by atoms with Gasteiger partial charge in [0, 0.05) is 5.56 Å². The van der Waals surface area contributed by atoms with E-state index < -0.39 is 0 Å². The lowest BCUT2D eigenvalue weighted by Gasteiger charge is -2.22. The summed E-state index contributed by atoms with van der Waals surface area (Å²) in [5.74, 6) is 0.397. The summed E-state index contributed by atoms with van der Waals surface area (Å²) in [5, 5.41) is 3.59. The first-order valence-electron chi connectivity index (χ1n) is 9.35. The summed E-state index contributed by atoms with van der Waals surface area (Å²) in [6, 6.07) is 21.1. The first kappa shape index (κ1) is 20.0. The smallest absolute Gasteiger partial charge is 0.252 e. The molecule has 0 radical (unpaired) electrons. The molecule has 0 fully saturated rings. The molecule has 144 valence electrons. The largest absolute Gasteiger partial charge is 0.492 e. The highest BCUT2D eigenvalue weighted by Gasteiger charge is 2.20. The average Bonchev–Trinajstić information content (AvgIpc) is 2.69. The Hall–Kier alpha value is -2.78. The van der Waals surface area contributed by atoms with Crippen molar-refractivity contribution in [3.63, 3.8) is 0 Å². The van der Waals surface area contributed by atoms with Gasteiger partial charge in [-0.25, -0.2) is 0 Å². The fourth-order valence-electron chi connectivity index (χ4n) is 3.26. The second kappa shape index (κ2) is 8.94. The van der Waals surface area contributed by atoms with Gasteiger partial charge in [-0.05, 0) is 55.7 Å². The number of rotatable bonds is 6. The number of carbonyl (C=O) groups excluding carboxylic acids is 1. The number of benzene rings is 3. The van der Waals surface area contributed by atoms with Gasteiger partial charge >= 0.3 is 0 Å². The van der Waals surface area contributed by atoms with Crippen LogP contribution in [0.25, 0.3) is 0 Å². The van der Waals surface area contributed by atoms with Gasteiger partial charge in [0.25, 0.3) is 5.91 Å². The Kier molecular flexibility index (Phi) is 6.37. The zero-order chi connectivity index (χ0) is 20.1. The Balaban J connectivity index is 1.93. The molecule has 1 amide bonds. The number of hydrogen-bond acceptors (Lipinski definition) is 2. The minimum Gasteiger partial charge on any atom is -0.492 e. The van der Waals surface area contributed by atoms with Gasteiger partial charge < -0.3 is 10.1 Å². The molecule has 0 aliphatic heterocycles. The average molecular weight is 394 g/mol. The maximum absolute atomic E-state index is 13.0. The van der Waals surface area contributed by atoms with Crippen LogP contribution in [0.15, 0.2) is 66.7 Å². The van der Waals surface area contributed by atoms with Crippen LogP contribution >= 0.6 is 11.6 Å². The molecule has 4 heteroatoms. The van der Waals surface area contributed by atoms with E-state index in [2.05, 4.69) is 37.4 Å². The lowest BCUT2D eigenvalue weighted by atomic mass is 9.93. The summed E-state index contributed by atoms with van der Waals surface area (Å²) in [4.78, 5) is 13.0. The molecule has 3 aromatic rings. The van der Waals surface area contributed by atoms with Gasteiger partial charge in [0.2, 0.25) is 0 Å². The van der Waals surface area contributed by atoms with Crippen LogP contribution in [0.5, 0.6) is 5.75 Å². The molecule has 0 aliphatic rings. The maximum Gasteiger partial charge on any atom is 0.252 e. The molecule has 1 N–H and O–H groups in total. The van der Waals surface area contributed by atoms with E-state index in [1.54, 1.807) is 18.2 Å². The number of ether oxygens (including phenoxy) is 1. The summed E-state index contributed by atoms with van der Waals surface area (Å²) in [6.45, 7) is 6.55. The Morgan fingerprint density at radius 3 is 2.43 bits per heavy atom. The molecule has 0 heterocycles. The molecule has 3 rings (SSSR count). The van der Waals surface area contributed by atoms with Gasteiger partial charge in [0.15, 0.2) is 0 Å².